The van der Waals surface area contributed by atoms with E-state index in [1.165, 1.54) is 26.0 Å². The summed E-state index contributed by atoms with van der Waals surface area (Å²) in [5.41, 5.74) is -1.27. The van der Waals surface area contributed by atoms with Gasteiger partial charge in [0.05, 0.1) is 26.8 Å². The van der Waals surface area contributed by atoms with Crippen molar-refractivity contribution < 1.29 is 23.4 Å². The van der Waals surface area contributed by atoms with Gasteiger partial charge in [-0.25, -0.2) is 13.2 Å². The third-order valence-corrected chi connectivity index (χ3v) is 4.69. The van der Waals surface area contributed by atoms with Gasteiger partial charge in [0.1, 0.15) is 0 Å². The second-order valence-electron chi connectivity index (χ2n) is 4.83. The number of carboxylic acids is 1. The second kappa shape index (κ2) is 5.48. The highest BCUT2D eigenvalue weighted by molar-refractivity contribution is 7.91. The van der Waals surface area contributed by atoms with E-state index in [1.807, 2.05) is 0 Å². The fourth-order valence-corrected chi connectivity index (χ4v) is 3.50. The maximum atomic E-state index is 12.1. The Morgan fingerprint density at radius 2 is 1.95 bits per heavy atom. The Balaban J connectivity index is 3.14. The van der Waals surface area contributed by atoms with Crippen LogP contribution in [0.2, 0.25) is 5.02 Å². The van der Waals surface area contributed by atoms with Gasteiger partial charge in [0, 0.05) is 0 Å². The van der Waals surface area contributed by atoms with Crippen LogP contribution in [0, 0.1) is 0 Å². The van der Waals surface area contributed by atoms with Gasteiger partial charge in [0.15, 0.2) is 9.84 Å². The van der Waals surface area contributed by atoms with Crippen LogP contribution in [0.25, 0.3) is 0 Å². The Morgan fingerprint density at radius 1 is 1.37 bits per heavy atom. The quantitative estimate of drug-likeness (QED) is 0.867. The molecule has 0 saturated carbocycles. The summed E-state index contributed by atoms with van der Waals surface area (Å²) in [5, 5.41) is 18.4. The number of rotatable bonds is 5. The smallest absolute Gasteiger partial charge is 0.335 e. The van der Waals surface area contributed by atoms with E-state index in [0.29, 0.717) is 0 Å². The van der Waals surface area contributed by atoms with Crippen molar-refractivity contribution in [3.8, 4) is 0 Å². The van der Waals surface area contributed by atoms with Gasteiger partial charge in [-0.2, -0.15) is 0 Å². The van der Waals surface area contributed by atoms with E-state index in [4.69, 9.17) is 16.7 Å². The molecule has 0 aliphatic carbocycles. The molecule has 0 unspecified atom stereocenters. The molecule has 2 N–H and O–H groups in total. The summed E-state index contributed by atoms with van der Waals surface area (Å²) < 4.78 is 24.2. The lowest BCUT2D eigenvalue weighted by atomic mass is 10.1. The van der Waals surface area contributed by atoms with Gasteiger partial charge >= 0.3 is 5.97 Å². The zero-order valence-electron chi connectivity index (χ0n) is 10.6. The predicted octanol–water partition coefficient (Wildman–Crippen LogP) is 1.97. The fraction of sp³-hybridized carbons (Fsp3) is 0.417. The van der Waals surface area contributed by atoms with Gasteiger partial charge in [-0.15, -0.1) is 0 Å². The van der Waals surface area contributed by atoms with Crippen LogP contribution in [0.5, 0.6) is 0 Å². The van der Waals surface area contributed by atoms with Crippen LogP contribution in [0.3, 0.4) is 0 Å². The van der Waals surface area contributed by atoms with Crippen LogP contribution in [0.4, 0.5) is 0 Å². The summed E-state index contributed by atoms with van der Waals surface area (Å²) in [7, 11) is -3.74. The first kappa shape index (κ1) is 15.9. The molecule has 0 aliphatic heterocycles. The first-order valence-corrected chi connectivity index (χ1v) is 7.54. The van der Waals surface area contributed by atoms with Gasteiger partial charge in [-0.1, -0.05) is 11.6 Å². The van der Waals surface area contributed by atoms with Crippen LogP contribution < -0.4 is 0 Å². The molecule has 0 spiro atoms. The first-order valence-electron chi connectivity index (χ1n) is 5.51. The van der Waals surface area contributed by atoms with Crippen molar-refractivity contribution in [3.63, 3.8) is 0 Å². The number of aromatic carboxylic acids is 1. The van der Waals surface area contributed by atoms with Gasteiger partial charge in [-0.3, -0.25) is 0 Å². The maximum absolute atomic E-state index is 12.1. The molecule has 0 bridgehead atoms. The molecule has 0 heterocycles. The predicted molar refractivity (Wildman–Crippen MR) is 71.4 cm³/mol. The average molecular weight is 307 g/mol. The highest BCUT2D eigenvalue weighted by atomic mass is 35.5. The van der Waals surface area contributed by atoms with Crippen molar-refractivity contribution in [1.82, 2.24) is 0 Å². The molecule has 0 radical (unpaired) electrons. The van der Waals surface area contributed by atoms with Crippen LogP contribution in [0.1, 0.15) is 30.6 Å². The molecular formula is C12H15ClO5S. The van der Waals surface area contributed by atoms with E-state index in [0.717, 1.165) is 6.07 Å². The van der Waals surface area contributed by atoms with Crippen molar-refractivity contribution in [2.75, 3.05) is 5.75 Å². The normalized spacial score (nSPS) is 12.4. The molecular weight excluding hydrogens is 292 g/mol. The van der Waals surface area contributed by atoms with Crippen LogP contribution in [-0.4, -0.2) is 36.0 Å². The Bertz CT molecular complexity index is 587. The maximum Gasteiger partial charge on any atom is 0.335 e. The highest BCUT2D eigenvalue weighted by Gasteiger charge is 2.23. The Labute approximate surface area is 116 Å². The summed E-state index contributed by atoms with van der Waals surface area (Å²) in [6.45, 7) is 3.00. The van der Waals surface area contributed by atoms with Crippen LogP contribution >= 0.6 is 11.6 Å². The minimum absolute atomic E-state index is 0.0271. The molecule has 1 aromatic rings. The van der Waals surface area contributed by atoms with E-state index in [9.17, 15) is 18.3 Å². The van der Waals surface area contributed by atoms with Gasteiger partial charge in [0.25, 0.3) is 0 Å². The van der Waals surface area contributed by atoms with Crippen molar-refractivity contribution in [3.05, 3.63) is 28.8 Å². The lowest BCUT2D eigenvalue weighted by Crippen LogP contribution is -2.23. The number of aliphatic hydroxyl groups is 1. The van der Waals surface area contributed by atoms with Crippen molar-refractivity contribution >= 4 is 27.4 Å². The van der Waals surface area contributed by atoms with Gasteiger partial charge in [0.2, 0.25) is 0 Å². The zero-order valence-corrected chi connectivity index (χ0v) is 12.1. The lowest BCUT2D eigenvalue weighted by Gasteiger charge is -2.17. The van der Waals surface area contributed by atoms with Crippen LogP contribution in [0.15, 0.2) is 23.1 Å². The lowest BCUT2D eigenvalue weighted by molar-refractivity contribution is 0.0695. The Morgan fingerprint density at radius 3 is 2.42 bits per heavy atom. The van der Waals surface area contributed by atoms with Crippen molar-refractivity contribution in [2.24, 2.45) is 0 Å². The monoisotopic (exact) mass is 306 g/mol. The molecule has 1 aromatic carbocycles. The molecule has 0 fully saturated rings. The summed E-state index contributed by atoms with van der Waals surface area (Å²) in [5.74, 6) is -1.53. The standard InChI is InChI=1S/C12H15ClO5S/c1-12(2,16)5-6-19(17,18)10-7-8(11(14)15)3-4-9(10)13/h3-4,7,16H,5-6H2,1-2H3,(H,14,15). The fourth-order valence-electron chi connectivity index (χ4n) is 1.37. The third kappa shape index (κ3) is 4.49. The van der Waals surface area contributed by atoms with Crippen molar-refractivity contribution in [1.29, 1.82) is 0 Å². The molecule has 0 aromatic heterocycles. The molecule has 5 nitrogen and oxygen atoms in total. The van der Waals surface area contributed by atoms with Gasteiger partial charge in [-0.05, 0) is 38.5 Å². The molecule has 0 amide bonds. The van der Waals surface area contributed by atoms with E-state index >= 15 is 0 Å². The largest absolute Gasteiger partial charge is 0.478 e. The molecule has 19 heavy (non-hydrogen) atoms. The molecule has 7 heteroatoms. The molecule has 1 rings (SSSR count). The van der Waals surface area contributed by atoms with Gasteiger partial charge < -0.3 is 10.2 Å². The SMILES string of the molecule is CC(C)(O)CCS(=O)(=O)c1cc(C(=O)O)ccc1Cl. The Hall–Kier alpha value is -1.11. The number of hydrogen-bond acceptors (Lipinski definition) is 4. The third-order valence-electron chi connectivity index (χ3n) is 2.50. The summed E-state index contributed by atoms with van der Waals surface area (Å²) >= 11 is 5.80. The summed E-state index contributed by atoms with van der Waals surface area (Å²) in [4.78, 5) is 10.6. The first-order chi connectivity index (χ1) is 8.53. The Kier molecular flexibility index (Phi) is 4.60. The topological polar surface area (TPSA) is 91.7 Å². The summed E-state index contributed by atoms with van der Waals surface area (Å²) in [6, 6.07) is 3.51. The molecule has 106 valence electrons. The molecule has 0 aliphatic rings. The van der Waals surface area contributed by atoms with E-state index in [1.54, 1.807) is 0 Å². The van der Waals surface area contributed by atoms with Crippen LogP contribution in [-0.2, 0) is 9.84 Å². The molecule has 0 atom stereocenters. The van der Waals surface area contributed by atoms with E-state index in [-0.39, 0.29) is 27.7 Å². The van der Waals surface area contributed by atoms with E-state index < -0.39 is 21.4 Å². The number of halogens is 1. The zero-order chi connectivity index (χ0) is 14.8. The van der Waals surface area contributed by atoms with E-state index in [2.05, 4.69) is 0 Å². The second-order valence-corrected chi connectivity index (χ2v) is 7.32. The summed E-state index contributed by atoms with van der Waals surface area (Å²) in [6.07, 6.45) is 0.0307. The van der Waals surface area contributed by atoms with Crippen molar-refractivity contribution in [2.45, 2.75) is 30.8 Å². The molecule has 0 saturated heterocycles. The minimum Gasteiger partial charge on any atom is -0.478 e. The minimum atomic E-state index is -3.74. The number of hydrogen-bond donors (Lipinski definition) is 2. The number of carboxylic acid groups (broad SMARTS) is 1. The number of sulfone groups is 1. The highest BCUT2D eigenvalue weighted by Crippen LogP contribution is 2.25. The number of carbonyl (C=O) groups is 1. The number of benzene rings is 1. The average Bonchev–Trinajstić information content (AvgIpc) is 2.25.